The maximum atomic E-state index is 12.2. The number of halogens is 2. The zero-order valence-corrected chi connectivity index (χ0v) is 15.4. The number of carbonyl (C=O) groups is 1. The average Bonchev–Trinajstić information content (AvgIpc) is 3.02. The molecule has 0 spiro atoms. The van der Waals surface area contributed by atoms with E-state index in [1.165, 1.54) is 0 Å². The number of nitrogens with one attached hydrogen (secondary N) is 2. The minimum Gasteiger partial charge on any atom is -0.385 e. The lowest BCUT2D eigenvalue weighted by Crippen LogP contribution is -2.14. The average molecular weight is 391 g/mol. The summed E-state index contributed by atoms with van der Waals surface area (Å²) in [5, 5.41) is 10.9. The zero-order valence-electron chi connectivity index (χ0n) is 13.9. The van der Waals surface area contributed by atoms with Gasteiger partial charge in [0.15, 0.2) is 5.82 Å². The van der Waals surface area contributed by atoms with E-state index < -0.39 is 0 Å². The Morgan fingerprint density at radius 3 is 2.77 bits per heavy atom. The zero-order chi connectivity index (χ0) is 18.5. The lowest BCUT2D eigenvalue weighted by molar-refractivity contribution is 0.102. The number of pyridine rings is 1. The lowest BCUT2D eigenvalue weighted by atomic mass is 10.1. The molecule has 1 amide bonds. The first-order valence-corrected chi connectivity index (χ1v) is 8.65. The molecule has 26 heavy (non-hydrogen) atoms. The third-order valence-electron chi connectivity index (χ3n) is 3.60. The van der Waals surface area contributed by atoms with E-state index in [-0.39, 0.29) is 11.6 Å². The molecular formula is C18H16Cl2N4O2. The van der Waals surface area contributed by atoms with Crippen molar-refractivity contribution in [2.75, 3.05) is 17.2 Å². The van der Waals surface area contributed by atoms with E-state index in [0.717, 1.165) is 17.7 Å². The predicted octanol–water partition coefficient (Wildman–Crippen LogP) is 4.59. The molecule has 0 aliphatic carbocycles. The van der Waals surface area contributed by atoms with Crippen LogP contribution in [0.25, 0.3) is 0 Å². The highest BCUT2D eigenvalue weighted by molar-refractivity contribution is 6.35. The third-order valence-corrected chi connectivity index (χ3v) is 4.19. The van der Waals surface area contributed by atoms with Crippen LogP contribution in [0, 0.1) is 6.92 Å². The summed E-state index contributed by atoms with van der Waals surface area (Å²) in [6.45, 7) is 2.40. The summed E-state index contributed by atoms with van der Waals surface area (Å²) in [5.41, 5.74) is 2.06. The highest BCUT2D eigenvalue weighted by atomic mass is 35.5. The van der Waals surface area contributed by atoms with E-state index in [1.807, 2.05) is 12.1 Å². The Labute approximate surface area is 160 Å². The van der Waals surface area contributed by atoms with Crippen LogP contribution in [0.4, 0.5) is 11.5 Å². The predicted molar refractivity (Wildman–Crippen MR) is 102 cm³/mol. The van der Waals surface area contributed by atoms with Gasteiger partial charge < -0.3 is 15.2 Å². The van der Waals surface area contributed by atoms with Gasteiger partial charge in [-0.15, -0.1) is 0 Å². The number of carbonyl (C=O) groups excluding carboxylic acids is 1. The molecule has 134 valence electrons. The first kappa shape index (κ1) is 18.2. The molecule has 0 fully saturated rings. The molecule has 0 aliphatic heterocycles. The summed E-state index contributed by atoms with van der Waals surface area (Å²) in [5.74, 6) is 0.609. The number of rotatable bonds is 6. The van der Waals surface area contributed by atoms with Gasteiger partial charge in [-0.25, -0.2) is 0 Å². The summed E-state index contributed by atoms with van der Waals surface area (Å²) in [6, 6.07) is 10.5. The molecule has 2 heterocycles. The minimum atomic E-state index is -0.359. The molecule has 0 radical (unpaired) electrons. The van der Waals surface area contributed by atoms with Gasteiger partial charge in [0.1, 0.15) is 11.5 Å². The SMILES string of the molecule is Cc1cc(NC(=O)c2cc(NCCc3ccc(Cl)cc3Cl)ccn2)no1. The number of hydrogen-bond acceptors (Lipinski definition) is 5. The largest absolute Gasteiger partial charge is 0.385 e. The lowest BCUT2D eigenvalue weighted by Gasteiger charge is -2.09. The Hall–Kier alpha value is -2.57. The van der Waals surface area contributed by atoms with Crippen molar-refractivity contribution in [2.45, 2.75) is 13.3 Å². The van der Waals surface area contributed by atoms with E-state index >= 15 is 0 Å². The maximum Gasteiger partial charge on any atom is 0.275 e. The third kappa shape index (κ3) is 4.74. The van der Waals surface area contributed by atoms with E-state index in [4.69, 9.17) is 27.7 Å². The number of benzene rings is 1. The molecule has 2 N–H and O–H groups in total. The van der Waals surface area contributed by atoms with Crippen LogP contribution in [0.5, 0.6) is 0 Å². The van der Waals surface area contributed by atoms with Gasteiger partial charge in [0.05, 0.1) is 0 Å². The van der Waals surface area contributed by atoms with Crippen LogP contribution in [0.2, 0.25) is 10.0 Å². The van der Waals surface area contributed by atoms with Crippen LogP contribution in [0.15, 0.2) is 47.1 Å². The second kappa shape index (κ2) is 8.21. The summed E-state index contributed by atoms with van der Waals surface area (Å²) < 4.78 is 4.92. The van der Waals surface area contributed by atoms with Gasteiger partial charge in [0, 0.05) is 34.5 Å². The van der Waals surface area contributed by atoms with Gasteiger partial charge >= 0.3 is 0 Å². The van der Waals surface area contributed by atoms with Crippen LogP contribution in [0.3, 0.4) is 0 Å². The van der Waals surface area contributed by atoms with Crippen molar-refractivity contribution in [3.05, 3.63) is 69.7 Å². The van der Waals surface area contributed by atoms with Crippen LogP contribution in [-0.2, 0) is 6.42 Å². The Morgan fingerprint density at radius 2 is 2.04 bits per heavy atom. The molecule has 0 unspecified atom stereocenters. The molecule has 8 heteroatoms. The summed E-state index contributed by atoms with van der Waals surface area (Å²) >= 11 is 12.1. The Morgan fingerprint density at radius 1 is 1.19 bits per heavy atom. The second-order valence-corrected chi connectivity index (χ2v) is 6.46. The normalized spacial score (nSPS) is 10.6. The van der Waals surface area contributed by atoms with E-state index in [1.54, 1.807) is 37.4 Å². The highest BCUT2D eigenvalue weighted by Crippen LogP contribution is 2.21. The molecule has 0 saturated carbocycles. The van der Waals surface area contributed by atoms with E-state index in [0.29, 0.717) is 28.2 Å². The van der Waals surface area contributed by atoms with Gasteiger partial charge in [-0.3, -0.25) is 9.78 Å². The van der Waals surface area contributed by atoms with Crippen molar-refractivity contribution in [3.8, 4) is 0 Å². The fourth-order valence-electron chi connectivity index (χ4n) is 2.34. The maximum absolute atomic E-state index is 12.2. The molecule has 0 aliphatic rings. The molecule has 0 bridgehead atoms. The van der Waals surface area contributed by atoms with Gasteiger partial charge in [0.2, 0.25) is 0 Å². The first-order valence-electron chi connectivity index (χ1n) is 7.90. The first-order chi connectivity index (χ1) is 12.5. The van der Waals surface area contributed by atoms with Crippen LogP contribution >= 0.6 is 23.2 Å². The fraction of sp³-hybridized carbons (Fsp3) is 0.167. The number of amides is 1. The number of nitrogens with zero attached hydrogens (tertiary/aromatic N) is 2. The smallest absolute Gasteiger partial charge is 0.275 e. The van der Waals surface area contributed by atoms with Crippen molar-refractivity contribution < 1.29 is 9.32 Å². The van der Waals surface area contributed by atoms with Crippen LogP contribution in [0.1, 0.15) is 21.8 Å². The minimum absolute atomic E-state index is 0.278. The molecule has 6 nitrogen and oxygen atoms in total. The topological polar surface area (TPSA) is 80.0 Å². The molecular weight excluding hydrogens is 375 g/mol. The summed E-state index contributed by atoms with van der Waals surface area (Å²) in [4.78, 5) is 16.3. The number of hydrogen-bond donors (Lipinski definition) is 2. The van der Waals surface area contributed by atoms with Gasteiger partial charge in [-0.1, -0.05) is 34.4 Å². The van der Waals surface area contributed by atoms with Gasteiger partial charge in [-0.2, -0.15) is 0 Å². The Kier molecular flexibility index (Phi) is 5.75. The quantitative estimate of drug-likeness (QED) is 0.643. The fourth-order valence-corrected chi connectivity index (χ4v) is 2.84. The molecule has 3 aromatic rings. The van der Waals surface area contributed by atoms with Crippen molar-refractivity contribution in [3.63, 3.8) is 0 Å². The Balaban J connectivity index is 1.59. The van der Waals surface area contributed by atoms with Crippen molar-refractivity contribution >= 4 is 40.6 Å². The van der Waals surface area contributed by atoms with Crippen LogP contribution < -0.4 is 10.6 Å². The number of aromatic nitrogens is 2. The molecule has 0 saturated heterocycles. The molecule has 2 aromatic heterocycles. The highest BCUT2D eigenvalue weighted by Gasteiger charge is 2.11. The summed E-state index contributed by atoms with van der Waals surface area (Å²) in [7, 11) is 0. The van der Waals surface area contributed by atoms with Gasteiger partial charge in [-0.05, 0) is 43.2 Å². The van der Waals surface area contributed by atoms with E-state index in [9.17, 15) is 4.79 Å². The Bertz CT molecular complexity index is 927. The van der Waals surface area contributed by atoms with Crippen molar-refractivity contribution in [1.82, 2.24) is 10.1 Å². The number of aryl methyl sites for hydroxylation is 1. The summed E-state index contributed by atoms with van der Waals surface area (Å²) in [6.07, 6.45) is 2.29. The molecule has 0 atom stereocenters. The monoisotopic (exact) mass is 390 g/mol. The van der Waals surface area contributed by atoms with Crippen molar-refractivity contribution in [2.24, 2.45) is 0 Å². The van der Waals surface area contributed by atoms with Gasteiger partial charge in [0.25, 0.3) is 5.91 Å². The molecule has 3 rings (SSSR count). The second-order valence-electron chi connectivity index (χ2n) is 5.62. The standard InChI is InChI=1S/C18H16Cl2N4O2/c1-11-8-17(24-26-11)23-18(25)16-10-14(5-7-22-16)21-6-4-12-2-3-13(19)9-15(12)20/h2-3,5,7-10H,4,6H2,1H3,(H,21,22)(H,23,24,25). The van der Waals surface area contributed by atoms with Crippen LogP contribution in [-0.4, -0.2) is 22.6 Å². The number of anilines is 2. The van der Waals surface area contributed by atoms with Crippen molar-refractivity contribution in [1.29, 1.82) is 0 Å². The van der Waals surface area contributed by atoms with E-state index in [2.05, 4.69) is 20.8 Å². The molecule has 1 aromatic carbocycles.